The highest BCUT2D eigenvalue weighted by molar-refractivity contribution is 7.10. The monoisotopic (exact) mass is 336 g/mol. The van der Waals surface area contributed by atoms with Crippen LogP contribution in [0.1, 0.15) is 20.8 Å². The Bertz CT molecular complexity index is 688. The molecule has 0 aliphatic carbocycles. The maximum atomic E-state index is 11.1. The van der Waals surface area contributed by atoms with Crippen LogP contribution in [0.15, 0.2) is 23.7 Å². The third-order valence-corrected chi connectivity index (χ3v) is 5.04. The first-order valence-electron chi connectivity index (χ1n) is 7.10. The van der Waals surface area contributed by atoms with Crippen molar-refractivity contribution in [2.75, 3.05) is 25.0 Å². The molecule has 22 heavy (non-hydrogen) atoms. The van der Waals surface area contributed by atoms with Crippen molar-refractivity contribution in [3.8, 4) is 0 Å². The number of pyridine rings is 1. The van der Waals surface area contributed by atoms with Crippen LogP contribution in [0.2, 0.25) is 5.02 Å². The van der Waals surface area contributed by atoms with Gasteiger partial charge < -0.3 is 11.1 Å². The lowest BCUT2D eigenvalue weighted by Gasteiger charge is -2.26. The smallest absolute Gasteiger partial charge is 0.250 e. The van der Waals surface area contributed by atoms with Crippen molar-refractivity contribution < 1.29 is 4.79 Å². The number of anilines is 1. The normalized spacial score (nSPS) is 14.6. The van der Waals surface area contributed by atoms with Crippen molar-refractivity contribution in [2.45, 2.75) is 13.0 Å². The predicted octanol–water partition coefficient (Wildman–Crippen LogP) is 2.37. The van der Waals surface area contributed by atoms with Crippen LogP contribution in [-0.2, 0) is 13.0 Å². The largest absolute Gasteiger partial charge is 0.368 e. The summed E-state index contributed by atoms with van der Waals surface area (Å²) in [6, 6.07) is 3.75. The van der Waals surface area contributed by atoms with Gasteiger partial charge in [-0.1, -0.05) is 11.6 Å². The zero-order chi connectivity index (χ0) is 15.5. The molecule has 5 nitrogen and oxygen atoms in total. The van der Waals surface area contributed by atoms with Gasteiger partial charge in [0.15, 0.2) is 0 Å². The molecule has 1 aliphatic heterocycles. The van der Waals surface area contributed by atoms with Gasteiger partial charge in [-0.25, -0.2) is 4.98 Å². The summed E-state index contributed by atoms with van der Waals surface area (Å²) >= 11 is 7.95. The van der Waals surface area contributed by atoms with Gasteiger partial charge >= 0.3 is 0 Å². The number of carbonyl (C=O) groups excluding carboxylic acids is 1. The van der Waals surface area contributed by atoms with Gasteiger partial charge in [0.1, 0.15) is 5.82 Å². The van der Waals surface area contributed by atoms with Crippen LogP contribution in [0.25, 0.3) is 0 Å². The van der Waals surface area contributed by atoms with Crippen molar-refractivity contribution in [1.82, 2.24) is 9.88 Å². The molecule has 2 aromatic rings. The molecule has 116 valence electrons. The van der Waals surface area contributed by atoms with Gasteiger partial charge in [0.2, 0.25) is 5.91 Å². The minimum atomic E-state index is -0.527. The molecule has 3 rings (SSSR count). The number of aromatic nitrogens is 1. The summed E-state index contributed by atoms with van der Waals surface area (Å²) in [5.41, 5.74) is 6.96. The summed E-state index contributed by atoms with van der Waals surface area (Å²) in [6.45, 7) is 3.76. The molecule has 7 heteroatoms. The quantitative estimate of drug-likeness (QED) is 0.879. The summed E-state index contributed by atoms with van der Waals surface area (Å²) < 4.78 is 0. The average Bonchev–Trinajstić information content (AvgIpc) is 2.96. The van der Waals surface area contributed by atoms with Crippen LogP contribution in [-0.4, -0.2) is 35.4 Å². The van der Waals surface area contributed by atoms with Gasteiger partial charge in [-0.2, -0.15) is 0 Å². The lowest BCUT2D eigenvalue weighted by molar-refractivity contribution is 0.1000. The lowest BCUT2D eigenvalue weighted by Crippen LogP contribution is -2.33. The van der Waals surface area contributed by atoms with Crippen molar-refractivity contribution in [2.24, 2.45) is 5.73 Å². The number of nitrogens with two attached hydrogens (primary N) is 1. The average molecular weight is 337 g/mol. The Labute approximate surface area is 138 Å². The van der Waals surface area contributed by atoms with E-state index in [0.717, 1.165) is 32.6 Å². The summed E-state index contributed by atoms with van der Waals surface area (Å²) in [4.78, 5) is 19.1. The van der Waals surface area contributed by atoms with Gasteiger partial charge in [0, 0.05) is 37.3 Å². The second-order valence-corrected chi connectivity index (χ2v) is 6.65. The Morgan fingerprint density at radius 2 is 2.41 bits per heavy atom. The molecule has 0 aromatic carbocycles. The van der Waals surface area contributed by atoms with Crippen LogP contribution in [0.4, 0.5) is 5.82 Å². The molecule has 3 N–H and O–H groups in total. The first-order valence-corrected chi connectivity index (χ1v) is 8.36. The number of rotatable bonds is 5. The van der Waals surface area contributed by atoms with E-state index >= 15 is 0 Å². The van der Waals surface area contributed by atoms with Gasteiger partial charge in [-0.15, -0.1) is 11.3 Å². The number of nitrogens with one attached hydrogen (secondary N) is 1. The molecule has 0 spiro atoms. The minimum Gasteiger partial charge on any atom is -0.368 e. The highest BCUT2D eigenvalue weighted by Crippen LogP contribution is 2.24. The van der Waals surface area contributed by atoms with Gasteiger partial charge in [-0.05, 0) is 29.5 Å². The maximum absolute atomic E-state index is 11.1. The number of nitrogens with zero attached hydrogens (tertiary/aromatic N) is 2. The minimum absolute atomic E-state index is 0.316. The molecule has 3 heterocycles. The second kappa shape index (κ2) is 6.64. The molecule has 1 aliphatic rings. The Balaban J connectivity index is 1.52. The number of fused-ring (bicyclic) bond motifs is 1. The molecule has 0 fully saturated rings. The molecule has 0 unspecified atom stereocenters. The molecule has 2 aromatic heterocycles. The lowest BCUT2D eigenvalue weighted by atomic mass is 10.1. The summed E-state index contributed by atoms with van der Waals surface area (Å²) in [6.07, 6.45) is 2.56. The fourth-order valence-corrected chi connectivity index (χ4v) is 3.66. The van der Waals surface area contributed by atoms with Crippen LogP contribution >= 0.6 is 22.9 Å². The van der Waals surface area contributed by atoms with E-state index in [1.807, 2.05) is 11.3 Å². The van der Waals surface area contributed by atoms with E-state index in [2.05, 4.69) is 26.6 Å². The predicted molar refractivity (Wildman–Crippen MR) is 89.6 cm³/mol. The molecular weight excluding hydrogens is 320 g/mol. The Morgan fingerprint density at radius 3 is 3.18 bits per heavy atom. The molecule has 1 amide bonds. The number of halogens is 1. The maximum Gasteiger partial charge on any atom is 0.250 e. The second-order valence-electron chi connectivity index (χ2n) is 5.24. The topological polar surface area (TPSA) is 71.2 Å². The zero-order valence-corrected chi connectivity index (χ0v) is 13.6. The van der Waals surface area contributed by atoms with Gasteiger partial charge in [0.05, 0.1) is 10.6 Å². The van der Waals surface area contributed by atoms with E-state index < -0.39 is 5.91 Å². The van der Waals surface area contributed by atoms with Crippen LogP contribution in [0.3, 0.4) is 0 Å². The third-order valence-electron chi connectivity index (χ3n) is 3.73. The van der Waals surface area contributed by atoms with E-state index in [1.165, 1.54) is 22.7 Å². The molecule has 0 atom stereocenters. The molecule has 0 radical (unpaired) electrons. The zero-order valence-electron chi connectivity index (χ0n) is 12.0. The van der Waals surface area contributed by atoms with Crippen LogP contribution in [0, 0.1) is 0 Å². The van der Waals surface area contributed by atoms with Gasteiger partial charge in [-0.3, -0.25) is 9.69 Å². The molecule has 0 bridgehead atoms. The highest BCUT2D eigenvalue weighted by atomic mass is 35.5. The Hall–Kier alpha value is -1.63. The third kappa shape index (κ3) is 3.40. The van der Waals surface area contributed by atoms with E-state index in [0.29, 0.717) is 16.4 Å². The first-order chi connectivity index (χ1) is 10.6. The summed E-state index contributed by atoms with van der Waals surface area (Å²) in [5.74, 6) is 0.0562. The van der Waals surface area contributed by atoms with Crippen molar-refractivity contribution >= 4 is 34.7 Å². The van der Waals surface area contributed by atoms with Crippen LogP contribution in [0.5, 0.6) is 0 Å². The van der Waals surface area contributed by atoms with E-state index in [4.69, 9.17) is 17.3 Å². The fraction of sp³-hybridized carbons (Fsp3) is 0.333. The SMILES string of the molecule is NC(=O)c1cnc(NCCN2CCc3sccc3C2)c(Cl)c1. The number of hydrogen-bond donors (Lipinski definition) is 2. The fourth-order valence-electron chi connectivity index (χ4n) is 2.53. The highest BCUT2D eigenvalue weighted by Gasteiger charge is 2.16. The number of carbonyl (C=O) groups is 1. The van der Waals surface area contributed by atoms with Crippen molar-refractivity contribution in [3.63, 3.8) is 0 Å². The molecule has 0 saturated heterocycles. The Morgan fingerprint density at radius 1 is 1.55 bits per heavy atom. The number of thiophene rings is 1. The number of hydrogen-bond acceptors (Lipinski definition) is 5. The number of amides is 1. The van der Waals surface area contributed by atoms with Crippen molar-refractivity contribution in [1.29, 1.82) is 0 Å². The first kappa shape index (κ1) is 15.3. The molecule has 0 saturated carbocycles. The summed E-state index contributed by atoms with van der Waals surface area (Å²) in [7, 11) is 0. The number of primary amides is 1. The van der Waals surface area contributed by atoms with Gasteiger partial charge in [0.25, 0.3) is 0 Å². The van der Waals surface area contributed by atoms with Crippen molar-refractivity contribution in [3.05, 3.63) is 44.7 Å². The Kier molecular flexibility index (Phi) is 4.61. The molecular formula is C15H17ClN4OS. The summed E-state index contributed by atoms with van der Waals surface area (Å²) in [5, 5.41) is 5.79. The van der Waals surface area contributed by atoms with Crippen LogP contribution < -0.4 is 11.1 Å². The van der Waals surface area contributed by atoms with E-state index in [1.54, 1.807) is 0 Å². The van der Waals surface area contributed by atoms with E-state index in [-0.39, 0.29) is 0 Å². The standard InChI is InChI=1S/C15H17ClN4OS/c16-12-7-11(14(17)21)8-19-15(12)18-3-5-20-4-1-13-10(9-20)2-6-22-13/h2,6-8H,1,3-5,9H2,(H2,17,21)(H,18,19). The van der Waals surface area contributed by atoms with E-state index in [9.17, 15) is 4.79 Å².